The fraction of sp³-hybridized carbons (Fsp3) is 0.286. The summed E-state index contributed by atoms with van der Waals surface area (Å²) in [6.07, 6.45) is 0. The van der Waals surface area contributed by atoms with Crippen LogP contribution in [0, 0.1) is 19.1 Å². The van der Waals surface area contributed by atoms with Crippen LogP contribution < -0.4 is 4.73 Å². The van der Waals surface area contributed by atoms with E-state index in [9.17, 15) is 5.21 Å². The zero-order chi connectivity index (χ0) is 8.59. The molecule has 0 bridgehead atoms. The number of rotatable bonds is 0. The monoisotopic (exact) mass is 191 g/mol. The Labute approximate surface area is 74.9 Å². The van der Waals surface area contributed by atoms with Crippen LogP contribution in [0.2, 0.25) is 10.2 Å². The molecule has 0 aliphatic carbocycles. The van der Waals surface area contributed by atoms with Crippen molar-refractivity contribution in [1.82, 2.24) is 0 Å². The maximum absolute atomic E-state index is 11.0. The fourth-order valence-corrected chi connectivity index (χ4v) is 1.26. The SMILES string of the molecule is Cc1cc(Cl)[n+]([O-])c(C)c1Cl. The molecule has 60 valence electrons. The number of pyridine rings is 1. The van der Waals surface area contributed by atoms with E-state index in [1.807, 2.05) is 0 Å². The quantitative estimate of drug-likeness (QED) is 0.351. The largest absolute Gasteiger partial charge is 0.617 e. The minimum absolute atomic E-state index is 0.157. The van der Waals surface area contributed by atoms with E-state index in [0.29, 0.717) is 15.4 Å². The maximum atomic E-state index is 11.0. The summed E-state index contributed by atoms with van der Waals surface area (Å²) in [6, 6.07) is 1.55. The Morgan fingerprint density at radius 2 is 1.91 bits per heavy atom. The molecule has 0 spiro atoms. The summed E-state index contributed by atoms with van der Waals surface area (Å²) in [6.45, 7) is 3.44. The van der Waals surface area contributed by atoms with Crippen LogP contribution in [0.1, 0.15) is 11.3 Å². The van der Waals surface area contributed by atoms with Crippen molar-refractivity contribution in [2.45, 2.75) is 13.8 Å². The normalized spacial score (nSPS) is 10.2. The Morgan fingerprint density at radius 1 is 1.36 bits per heavy atom. The molecule has 1 aromatic rings. The predicted molar refractivity (Wildman–Crippen MR) is 44.9 cm³/mol. The van der Waals surface area contributed by atoms with Gasteiger partial charge in [0.1, 0.15) is 5.02 Å². The number of halogens is 2. The molecule has 0 saturated carbocycles. The van der Waals surface area contributed by atoms with E-state index in [2.05, 4.69) is 0 Å². The lowest BCUT2D eigenvalue weighted by Gasteiger charge is -2.05. The van der Waals surface area contributed by atoms with Crippen molar-refractivity contribution in [3.63, 3.8) is 0 Å². The van der Waals surface area contributed by atoms with Crippen LogP contribution in [0.5, 0.6) is 0 Å². The van der Waals surface area contributed by atoms with Crippen molar-refractivity contribution >= 4 is 23.2 Å². The van der Waals surface area contributed by atoms with E-state index in [1.54, 1.807) is 19.9 Å². The van der Waals surface area contributed by atoms with Gasteiger partial charge >= 0.3 is 0 Å². The predicted octanol–water partition coefficient (Wildman–Crippen LogP) is 2.24. The van der Waals surface area contributed by atoms with Crippen LogP contribution in [0.15, 0.2) is 6.07 Å². The first-order chi connectivity index (χ1) is 5.04. The smallest absolute Gasteiger partial charge is 0.286 e. The summed E-state index contributed by atoms with van der Waals surface area (Å²) < 4.78 is 0.608. The first kappa shape index (κ1) is 8.62. The minimum atomic E-state index is 0.157. The Balaban J connectivity index is 3.46. The molecule has 4 heteroatoms. The first-order valence-corrected chi connectivity index (χ1v) is 3.84. The average Bonchev–Trinajstić information content (AvgIpc) is 1.97. The highest BCUT2D eigenvalue weighted by Gasteiger charge is 2.12. The van der Waals surface area contributed by atoms with Gasteiger partial charge in [-0.3, -0.25) is 0 Å². The van der Waals surface area contributed by atoms with Crippen LogP contribution in [0.25, 0.3) is 0 Å². The summed E-state index contributed by atoms with van der Waals surface area (Å²) in [5, 5.41) is 11.7. The second-order valence-electron chi connectivity index (χ2n) is 2.34. The van der Waals surface area contributed by atoms with Gasteiger partial charge in [0.05, 0.1) is 0 Å². The fourth-order valence-electron chi connectivity index (χ4n) is 0.835. The molecular weight excluding hydrogens is 185 g/mol. The van der Waals surface area contributed by atoms with E-state index in [-0.39, 0.29) is 5.15 Å². The van der Waals surface area contributed by atoms with Crippen LogP contribution in [-0.2, 0) is 0 Å². The highest BCUT2D eigenvalue weighted by molar-refractivity contribution is 6.32. The summed E-state index contributed by atoms with van der Waals surface area (Å²) in [4.78, 5) is 0. The molecule has 0 radical (unpaired) electrons. The second-order valence-corrected chi connectivity index (χ2v) is 3.11. The van der Waals surface area contributed by atoms with Crippen molar-refractivity contribution in [2.24, 2.45) is 0 Å². The van der Waals surface area contributed by atoms with Crippen molar-refractivity contribution in [3.8, 4) is 0 Å². The van der Waals surface area contributed by atoms with Crippen LogP contribution in [0.3, 0.4) is 0 Å². The molecule has 0 aliphatic heterocycles. The third-order valence-electron chi connectivity index (χ3n) is 1.50. The highest BCUT2D eigenvalue weighted by Crippen LogP contribution is 2.19. The Hall–Kier alpha value is -0.470. The molecule has 0 aromatic carbocycles. The van der Waals surface area contributed by atoms with Gasteiger partial charge in [-0.2, -0.15) is 4.73 Å². The van der Waals surface area contributed by atoms with Gasteiger partial charge in [-0.1, -0.05) is 11.6 Å². The molecule has 0 N–H and O–H groups in total. The maximum Gasteiger partial charge on any atom is 0.286 e. The lowest BCUT2D eigenvalue weighted by Crippen LogP contribution is -2.31. The van der Waals surface area contributed by atoms with Crippen LogP contribution in [0.4, 0.5) is 0 Å². The molecule has 1 aromatic heterocycles. The number of aromatic nitrogens is 1. The van der Waals surface area contributed by atoms with Gasteiger partial charge in [0.15, 0.2) is 0 Å². The summed E-state index contributed by atoms with van der Waals surface area (Å²) in [7, 11) is 0. The molecule has 0 aliphatic rings. The van der Waals surface area contributed by atoms with E-state index in [4.69, 9.17) is 23.2 Å². The summed E-state index contributed by atoms with van der Waals surface area (Å²) in [5.74, 6) is 0. The lowest BCUT2D eigenvalue weighted by atomic mass is 10.2. The number of nitrogens with zero attached hydrogens (tertiary/aromatic N) is 1. The lowest BCUT2D eigenvalue weighted by molar-refractivity contribution is -0.609. The van der Waals surface area contributed by atoms with Gasteiger partial charge in [0.25, 0.3) is 5.15 Å². The van der Waals surface area contributed by atoms with Crippen molar-refractivity contribution in [3.05, 3.63) is 32.7 Å². The van der Waals surface area contributed by atoms with Gasteiger partial charge in [0, 0.05) is 13.0 Å². The first-order valence-electron chi connectivity index (χ1n) is 3.09. The Kier molecular flexibility index (Phi) is 2.25. The van der Waals surface area contributed by atoms with Gasteiger partial charge in [0.2, 0.25) is 5.69 Å². The molecule has 1 rings (SSSR count). The van der Waals surface area contributed by atoms with Gasteiger partial charge in [-0.05, 0) is 24.1 Å². The van der Waals surface area contributed by atoms with Crippen molar-refractivity contribution in [1.29, 1.82) is 0 Å². The molecule has 2 nitrogen and oxygen atoms in total. The van der Waals surface area contributed by atoms with E-state index in [1.165, 1.54) is 0 Å². The standard InChI is InChI=1S/C7H7Cl2NO/c1-4-3-6(8)10(11)5(2)7(4)9/h3H,1-2H3. The third kappa shape index (κ3) is 1.42. The van der Waals surface area contributed by atoms with Crippen molar-refractivity contribution < 1.29 is 4.73 Å². The molecule has 0 amide bonds. The van der Waals surface area contributed by atoms with Gasteiger partial charge < -0.3 is 5.21 Å². The summed E-state index contributed by atoms with van der Waals surface area (Å²) >= 11 is 11.4. The molecule has 0 atom stereocenters. The number of hydrogen-bond donors (Lipinski definition) is 0. The zero-order valence-corrected chi connectivity index (χ0v) is 7.70. The molecule has 0 unspecified atom stereocenters. The highest BCUT2D eigenvalue weighted by atomic mass is 35.5. The molecular formula is C7H7Cl2NO. The molecule has 0 fully saturated rings. The van der Waals surface area contributed by atoms with Gasteiger partial charge in [-0.25, -0.2) is 0 Å². The molecule has 11 heavy (non-hydrogen) atoms. The van der Waals surface area contributed by atoms with Crippen LogP contribution >= 0.6 is 23.2 Å². The van der Waals surface area contributed by atoms with E-state index in [0.717, 1.165) is 5.56 Å². The third-order valence-corrected chi connectivity index (χ3v) is 2.33. The van der Waals surface area contributed by atoms with Gasteiger partial charge in [-0.15, -0.1) is 0 Å². The second kappa shape index (κ2) is 2.88. The Morgan fingerprint density at radius 3 is 2.45 bits per heavy atom. The van der Waals surface area contributed by atoms with Crippen molar-refractivity contribution in [2.75, 3.05) is 0 Å². The summed E-state index contributed by atoms with van der Waals surface area (Å²) in [5.41, 5.74) is 1.26. The zero-order valence-electron chi connectivity index (χ0n) is 6.19. The molecule has 1 heterocycles. The molecule has 0 saturated heterocycles. The van der Waals surface area contributed by atoms with E-state index < -0.39 is 0 Å². The van der Waals surface area contributed by atoms with E-state index >= 15 is 0 Å². The van der Waals surface area contributed by atoms with Crippen LogP contribution in [-0.4, -0.2) is 0 Å². The average molecular weight is 192 g/mol. The number of hydrogen-bond acceptors (Lipinski definition) is 1. The number of aryl methyl sites for hydroxylation is 1. The minimum Gasteiger partial charge on any atom is -0.617 e. The Bertz CT molecular complexity index is 273. The topological polar surface area (TPSA) is 26.9 Å².